The Hall–Kier alpha value is -1.10. The highest BCUT2D eigenvalue weighted by Gasteiger charge is 2.37. The number of carboxylic acid groups (broad SMARTS) is 1. The van der Waals surface area contributed by atoms with Gasteiger partial charge in [0.2, 0.25) is 5.91 Å². The molecule has 1 rings (SSSR count). The first-order chi connectivity index (χ1) is 8.48. The predicted molar refractivity (Wildman–Crippen MR) is 67.3 cm³/mol. The van der Waals surface area contributed by atoms with Gasteiger partial charge in [0.05, 0.1) is 0 Å². The maximum absolute atomic E-state index is 12.1. The normalized spacial score (nSPS) is 23.9. The summed E-state index contributed by atoms with van der Waals surface area (Å²) in [6, 6.07) is 0. The van der Waals surface area contributed by atoms with Crippen LogP contribution in [0.4, 0.5) is 0 Å². The number of rotatable bonds is 6. The Labute approximate surface area is 108 Å². The van der Waals surface area contributed by atoms with Gasteiger partial charge in [0.15, 0.2) is 6.10 Å². The number of amides is 1. The minimum absolute atomic E-state index is 0.177. The number of ether oxygens (including phenoxy) is 1. The van der Waals surface area contributed by atoms with Crippen LogP contribution < -0.4 is 5.32 Å². The van der Waals surface area contributed by atoms with E-state index in [-0.39, 0.29) is 11.4 Å². The molecule has 0 bridgehead atoms. The Kier molecular flexibility index (Phi) is 5.14. The van der Waals surface area contributed by atoms with Crippen molar-refractivity contribution in [1.29, 1.82) is 0 Å². The Balaban J connectivity index is 2.58. The van der Waals surface area contributed by atoms with Crippen LogP contribution in [0.15, 0.2) is 0 Å². The average Bonchev–Trinajstić information content (AvgIpc) is 2.86. The van der Waals surface area contributed by atoms with E-state index in [4.69, 9.17) is 9.84 Å². The fraction of sp³-hybridized carbons (Fsp3) is 0.846. The second-order valence-electron chi connectivity index (χ2n) is 4.86. The van der Waals surface area contributed by atoms with Crippen LogP contribution in [-0.4, -0.2) is 34.7 Å². The molecule has 0 aromatic heterocycles. The van der Waals surface area contributed by atoms with E-state index in [0.717, 1.165) is 19.3 Å². The van der Waals surface area contributed by atoms with Crippen molar-refractivity contribution in [1.82, 2.24) is 5.32 Å². The van der Waals surface area contributed by atoms with Crippen molar-refractivity contribution in [2.75, 3.05) is 0 Å². The third kappa shape index (κ3) is 3.22. The number of carboxylic acids is 1. The van der Waals surface area contributed by atoms with Crippen molar-refractivity contribution in [3.8, 4) is 0 Å². The van der Waals surface area contributed by atoms with E-state index < -0.39 is 18.2 Å². The molecule has 0 aliphatic carbocycles. The molecule has 2 N–H and O–H groups in total. The lowest BCUT2D eigenvalue weighted by atomic mass is 9.89. The number of carbonyl (C=O) groups is 2. The lowest BCUT2D eigenvalue weighted by Gasteiger charge is -2.32. The quantitative estimate of drug-likeness (QED) is 0.759. The monoisotopic (exact) mass is 257 g/mol. The van der Waals surface area contributed by atoms with Crippen molar-refractivity contribution in [2.24, 2.45) is 0 Å². The minimum Gasteiger partial charge on any atom is -0.479 e. The van der Waals surface area contributed by atoms with Gasteiger partial charge in [-0.05, 0) is 32.1 Å². The summed E-state index contributed by atoms with van der Waals surface area (Å²) in [5, 5.41) is 11.9. The summed E-state index contributed by atoms with van der Waals surface area (Å²) in [7, 11) is 0. The fourth-order valence-electron chi connectivity index (χ4n) is 2.37. The molecule has 18 heavy (non-hydrogen) atoms. The zero-order chi connectivity index (χ0) is 13.8. The molecule has 0 aromatic carbocycles. The van der Waals surface area contributed by atoms with E-state index >= 15 is 0 Å². The van der Waals surface area contributed by atoms with E-state index in [1.54, 1.807) is 0 Å². The maximum Gasteiger partial charge on any atom is 0.332 e. The molecule has 2 atom stereocenters. The van der Waals surface area contributed by atoms with Gasteiger partial charge in [0.1, 0.15) is 6.10 Å². The molecule has 0 saturated carbocycles. The molecular weight excluding hydrogens is 234 g/mol. The van der Waals surface area contributed by atoms with Gasteiger partial charge in [-0.2, -0.15) is 0 Å². The molecule has 1 fully saturated rings. The number of hydrogen-bond donors (Lipinski definition) is 2. The van der Waals surface area contributed by atoms with Crippen LogP contribution in [0.5, 0.6) is 0 Å². The molecule has 5 heteroatoms. The van der Waals surface area contributed by atoms with Crippen molar-refractivity contribution in [3.05, 3.63) is 0 Å². The van der Waals surface area contributed by atoms with E-state index in [2.05, 4.69) is 5.32 Å². The first kappa shape index (κ1) is 15.0. The van der Waals surface area contributed by atoms with Gasteiger partial charge in [-0.25, -0.2) is 4.79 Å². The molecule has 104 valence electrons. The molecule has 2 unspecified atom stereocenters. The molecule has 0 radical (unpaired) electrons. The summed E-state index contributed by atoms with van der Waals surface area (Å²) in [6.45, 7) is 6.13. The molecule has 1 aliphatic heterocycles. The van der Waals surface area contributed by atoms with E-state index in [0.29, 0.717) is 12.8 Å². The molecule has 1 heterocycles. The molecule has 0 aromatic rings. The van der Waals surface area contributed by atoms with Crippen LogP contribution in [0.1, 0.15) is 52.9 Å². The topological polar surface area (TPSA) is 75.6 Å². The van der Waals surface area contributed by atoms with Gasteiger partial charge in [-0.3, -0.25) is 4.79 Å². The van der Waals surface area contributed by atoms with Gasteiger partial charge in [0, 0.05) is 5.54 Å². The smallest absolute Gasteiger partial charge is 0.332 e. The SMILES string of the molecule is CCC(CC)(CC)NC(=O)C1CCC(C(=O)O)O1. The Morgan fingerprint density at radius 2 is 1.67 bits per heavy atom. The Morgan fingerprint density at radius 3 is 2.06 bits per heavy atom. The van der Waals surface area contributed by atoms with E-state index in [1.165, 1.54) is 0 Å². The number of hydrogen-bond acceptors (Lipinski definition) is 3. The van der Waals surface area contributed by atoms with E-state index in [9.17, 15) is 9.59 Å². The van der Waals surface area contributed by atoms with Crippen molar-refractivity contribution < 1.29 is 19.4 Å². The molecular formula is C13H23NO4. The van der Waals surface area contributed by atoms with Crippen molar-refractivity contribution in [2.45, 2.75) is 70.6 Å². The second kappa shape index (κ2) is 6.18. The third-order valence-corrected chi connectivity index (χ3v) is 4.01. The van der Waals surface area contributed by atoms with Gasteiger partial charge in [0.25, 0.3) is 0 Å². The summed E-state index contributed by atoms with van der Waals surface area (Å²) in [6.07, 6.45) is 2.03. The predicted octanol–water partition coefficient (Wildman–Crippen LogP) is 1.70. The van der Waals surface area contributed by atoms with Crippen LogP contribution in [0.25, 0.3) is 0 Å². The van der Waals surface area contributed by atoms with Crippen LogP contribution in [0, 0.1) is 0 Å². The van der Waals surface area contributed by atoms with Gasteiger partial charge in [-0.1, -0.05) is 20.8 Å². The lowest BCUT2D eigenvalue weighted by Crippen LogP contribution is -2.50. The van der Waals surface area contributed by atoms with Crippen molar-refractivity contribution >= 4 is 11.9 Å². The molecule has 1 saturated heterocycles. The highest BCUT2D eigenvalue weighted by atomic mass is 16.5. The average molecular weight is 257 g/mol. The van der Waals surface area contributed by atoms with Gasteiger partial charge in [-0.15, -0.1) is 0 Å². The zero-order valence-electron chi connectivity index (χ0n) is 11.4. The fourth-order valence-corrected chi connectivity index (χ4v) is 2.37. The Bertz CT molecular complexity index is 304. The second-order valence-corrected chi connectivity index (χ2v) is 4.86. The summed E-state index contributed by atoms with van der Waals surface area (Å²) in [4.78, 5) is 22.8. The Morgan fingerprint density at radius 1 is 1.17 bits per heavy atom. The third-order valence-electron chi connectivity index (χ3n) is 4.01. The van der Waals surface area contributed by atoms with Crippen molar-refractivity contribution in [3.63, 3.8) is 0 Å². The highest BCUT2D eigenvalue weighted by Crippen LogP contribution is 2.23. The lowest BCUT2D eigenvalue weighted by molar-refractivity contribution is -0.152. The molecule has 5 nitrogen and oxygen atoms in total. The van der Waals surface area contributed by atoms with Crippen LogP contribution in [0.3, 0.4) is 0 Å². The van der Waals surface area contributed by atoms with Crippen LogP contribution in [-0.2, 0) is 14.3 Å². The number of nitrogens with one attached hydrogen (secondary N) is 1. The summed E-state index contributed by atoms with van der Waals surface area (Å²) in [5.74, 6) is -1.16. The summed E-state index contributed by atoms with van der Waals surface area (Å²) >= 11 is 0. The molecule has 1 amide bonds. The maximum atomic E-state index is 12.1. The van der Waals surface area contributed by atoms with Crippen LogP contribution in [0.2, 0.25) is 0 Å². The summed E-state index contributed by atoms with van der Waals surface area (Å²) < 4.78 is 5.25. The largest absolute Gasteiger partial charge is 0.479 e. The van der Waals surface area contributed by atoms with Gasteiger partial charge >= 0.3 is 5.97 Å². The number of carbonyl (C=O) groups excluding carboxylic acids is 1. The number of aliphatic carboxylic acids is 1. The standard InChI is InChI=1S/C13H23NO4/c1-4-13(5-2,6-3)14-11(15)9-7-8-10(18-9)12(16)17/h9-10H,4-8H2,1-3H3,(H,14,15)(H,16,17). The summed E-state index contributed by atoms with van der Waals surface area (Å²) in [5.41, 5.74) is -0.193. The highest BCUT2D eigenvalue weighted by molar-refractivity contribution is 5.83. The zero-order valence-corrected chi connectivity index (χ0v) is 11.4. The first-order valence-corrected chi connectivity index (χ1v) is 6.68. The minimum atomic E-state index is -0.988. The van der Waals surface area contributed by atoms with Gasteiger partial charge < -0.3 is 15.2 Å². The molecule has 0 spiro atoms. The van der Waals surface area contributed by atoms with Crippen LogP contribution >= 0.6 is 0 Å². The molecule has 1 aliphatic rings. The first-order valence-electron chi connectivity index (χ1n) is 6.68. The van der Waals surface area contributed by atoms with E-state index in [1.807, 2.05) is 20.8 Å².